The van der Waals surface area contributed by atoms with Gasteiger partial charge in [-0.2, -0.15) is 0 Å². The van der Waals surface area contributed by atoms with E-state index in [0.29, 0.717) is 36.0 Å². The first-order valence-corrected chi connectivity index (χ1v) is 12.2. The lowest BCUT2D eigenvalue weighted by atomic mass is 10.0. The van der Waals surface area contributed by atoms with Crippen molar-refractivity contribution in [2.75, 3.05) is 6.61 Å². The van der Waals surface area contributed by atoms with Crippen molar-refractivity contribution in [1.82, 2.24) is 10.3 Å². The van der Waals surface area contributed by atoms with Crippen LogP contribution in [0.25, 0.3) is 5.57 Å². The van der Waals surface area contributed by atoms with Gasteiger partial charge in [0, 0.05) is 36.1 Å². The summed E-state index contributed by atoms with van der Waals surface area (Å²) in [4.78, 5) is 28.2. The molecular formula is C29H24ClFN2O5. The van der Waals surface area contributed by atoms with Gasteiger partial charge in [0.25, 0.3) is 5.91 Å². The maximum Gasteiger partial charge on any atom is 0.303 e. The number of carboxylic acids is 1. The van der Waals surface area contributed by atoms with Crippen LogP contribution in [0.4, 0.5) is 4.39 Å². The van der Waals surface area contributed by atoms with Crippen molar-refractivity contribution in [3.63, 3.8) is 0 Å². The zero-order chi connectivity index (χ0) is 27.1. The molecule has 1 aliphatic rings. The molecule has 4 rings (SSSR count). The molecule has 194 valence electrons. The Labute approximate surface area is 223 Å². The molecule has 9 heteroatoms. The van der Waals surface area contributed by atoms with E-state index in [1.165, 1.54) is 12.1 Å². The van der Waals surface area contributed by atoms with Crippen LogP contribution in [0.5, 0.6) is 5.75 Å². The number of allylic oxidation sites excluding steroid dienone is 4. The van der Waals surface area contributed by atoms with Gasteiger partial charge in [0.2, 0.25) is 5.89 Å². The number of ether oxygens (including phenoxy) is 1. The minimum atomic E-state index is -0.933. The number of carbonyl (C=O) groups excluding carboxylic acids is 1. The zero-order valence-electron chi connectivity index (χ0n) is 20.5. The van der Waals surface area contributed by atoms with Gasteiger partial charge in [0.05, 0.1) is 17.9 Å². The van der Waals surface area contributed by atoms with Crippen LogP contribution in [-0.2, 0) is 24.2 Å². The number of aryl methyl sites for hydroxylation is 2. The van der Waals surface area contributed by atoms with Crippen LogP contribution in [-0.4, -0.2) is 28.6 Å². The van der Waals surface area contributed by atoms with Gasteiger partial charge in [-0.25, -0.2) is 9.37 Å². The van der Waals surface area contributed by atoms with Crippen LogP contribution in [0.15, 0.2) is 70.5 Å². The number of rotatable bonds is 11. The highest BCUT2D eigenvalue weighted by Crippen LogP contribution is 2.23. The second-order valence-electron chi connectivity index (χ2n) is 8.47. The highest BCUT2D eigenvalue weighted by atomic mass is 35.5. The highest BCUT2D eigenvalue weighted by molar-refractivity contribution is 6.30. The largest absolute Gasteiger partial charge is 0.493 e. The second-order valence-corrected chi connectivity index (χ2v) is 8.91. The molecule has 0 unspecified atom stereocenters. The number of hydrogen-bond donors (Lipinski definition) is 2. The summed E-state index contributed by atoms with van der Waals surface area (Å²) < 4.78 is 25.8. The van der Waals surface area contributed by atoms with E-state index in [1.807, 2.05) is 13.0 Å². The van der Waals surface area contributed by atoms with Crippen molar-refractivity contribution >= 4 is 29.1 Å². The molecule has 7 nitrogen and oxygen atoms in total. The van der Waals surface area contributed by atoms with E-state index in [2.05, 4.69) is 21.8 Å². The first kappa shape index (κ1) is 26.7. The quantitative estimate of drug-likeness (QED) is 0.310. The summed E-state index contributed by atoms with van der Waals surface area (Å²) in [5, 5.41) is 12.0. The Balaban J connectivity index is 1.42. The van der Waals surface area contributed by atoms with Gasteiger partial charge >= 0.3 is 5.97 Å². The Morgan fingerprint density at radius 1 is 1.16 bits per heavy atom. The van der Waals surface area contributed by atoms with Crippen molar-refractivity contribution in [2.24, 2.45) is 0 Å². The zero-order valence-corrected chi connectivity index (χ0v) is 21.3. The van der Waals surface area contributed by atoms with Crippen LogP contribution in [0.1, 0.15) is 45.3 Å². The van der Waals surface area contributed by atoms with Gasteiger partial charge in [-0.1, -0.05) is 29.1 Å². The molecule has 0 saturated carbocycles. The topological polar surface area (TPSA) is 102 Å². The predicted molar refractivity (Wildman–Crippen MR) is 140 cm³/mol. The van der Waals surface area contributed by atoms with Gasteiger partial charge in [0.1, 0.15) is 17.3 Å². The van der Waals surface area contributed by atoms with Crippen molar-refractivity contribution in [3.8, 4) is 5.75 Å². The monoisotopic (exact) mass is 534 g/mol. The van der Waals surface area contributed by atoms with Gasteiger partial charge < -0.3 is 19.6 Å². The van der Waals surface area contributed by atoms with E-state index in [0.717, 1.165) is 22.9 Å². The normalized spacial score (nSPS) is 11.9. The van der Waals surface area contributed by atoms with Gasteiger partial charge in [-0.15, -0.1) is 0 Å². The molecule has 2 N–H and O–H groups in total. The van der Waals surface area contributed by atoms with Crippen molar-refractivity contribution in [1.29, 1.82) is 0 Å². The number of aromatic nitrogens is 1. The van der Waals surface area contributed by atoms with E-state index < -0.39 is 17.7 Å². The molecule has 3 aromatic rings. The third kappa shape index (κ3) is 6.90. The van der Waals surface area contributed by atoms with Gasteiger partial charge in [-0.05, 0) is 67.0 Å². The Morgan fingerprint density at radius 2 is 2.00 bits per heavy atom. The molecule has 0 saturated heterocycles. The molecule has 38 heavy (non-hydrogen) atoms. The van der Waals surface area contributed by atoms with Crippen molar-refractivity contribution < 1.29 is 28.2 Å². The molecule has 0 bridgehead atoms. The Hall–Kier alpha value is -4.35. The predicted octanol–water partition coefficient (Wildman–Crippen LogP) is 5.61. The smallest absolute Gasteiger partial charge is 0.303 e. The Morgan fingerprint density at radius 3 is 2.74 bits per heavy atom. The summed E-state index contributed by atoms with van der Waals surface area (Å²) in [7, 11) is 0. The van der Waals surface area contributed by atoms with Crippen LogP contribution in [0.3, 0.4) is 0 Å². The SMILES string of the molecule is Cc1oc(C2=CC=C=C=C2)nc1CCOc1ccc(CCC(=O)O)c(CNC(=O)c2ccc(Cl)cc2F)c1. The van der Waals surface area contributed by atoms with E-state index in [9.17, 15) is 14.0 Å². The van der Waals surface area contributed by atoms with E-state index >= 15 is 0 Å². The van der Waals surface area contributed by atoms with Crippen LogP contribution in [0.2, 0.25) is 5.02 Å². The van der Waals surface area contributed by atoms with Crippen LogP contribution >= 0.6 is 11.6 Å². The molecule has 0 aliphatic heterocycles. The van der Waals surface area contributed by atoms with Crippen LogP contribution in [0, 0.1) is 12.7 Å². The minimum Gasteiger partial charge on any atom is -0.493 e. The summed E-state index contributed by atoms with van der Waals surface area (Å²) in [5.74, 6) is -0.536. The van der Waals surface area contributed by atoms with Crippen molar-refractivity contribution in [3.05, 3.63) is 111 Å². The standard InChI is InChI=1S/C29H24ClFN2O5/c1-18-26(33-29(38-18)20-5-3-2-4-6-20)13-14-37-23-10-7-19(8-12-27(34)35)21(15-23)17-32-28(36)24-11-9-22(30)16-25(24)31/h3,5-7,9-11,15-16H,8,12-14,17H2,1H3,(H,32,36)(H,34,35). The number of benzene rings is 2. The summed E-state index contributed by atoms with van der Waals surface area (Å²) in [6.07, 6.45) is 6.03. The average molecular weight is 535 g/mol. The number of halogens is 2. The molecular weight excluding hydrogens is 511 g/mol. The number of hydrogen-bond acceptors (Lipinski definition) is 5. The van der Waals surface area contributed by atoms with Gasteiger partial charge in [0.15, 0.2) is 0 Å². The minimum absolute atomic E-state index is 0.0598. The lowest BCUT2D eigenvalue weighted by Gasteiger charge is -2.14. The molecule has 1 heterocycles. The number of aliphatic carboxylic acids is 1. The average Bonchev–Trinajstić information content (AvgIpc) is 3.27. The third-order valence-electron chi connectivity index (χ3n) is 5.81. The molecule has 1 aliphatic carbocycles. The van der Waals surface area contributed by atoms with Crippen molar-refractivity contribution in [2.45, 2.75) is 32.7 Å². The first-order valence-electron chi connectivity index (χ1n) is 11.8. The fourth-order valence-electron chi connectivity index (χ4n) is 3.82. The summed E-state index contributed by atoms with van der Waals surface area (Å²) in [6, 6.07) is 9.07. The van der Waals surface area contributed by atoms with E-state index in [1.54, 1.807) is 30.4 Å². The molecule has 2 aromatic carbocycles. The fraction of sp³-hybridized carbons (Fsp3) is 0.207. The molecule has 0 spiro atoms. The van der Waals surface area contributed by atoms with Gasteiger partial charge in [-0.3, -0.25) is 9.59 Å². The number of carboxylic acid groups (broad SMARTS) is 1. The lowest BCUT2D eigenvalue weighted by Crippen LogP contribution is -2.24. The number of amides is 1. The maximum absolute atomic E-state index is 14.1. The number of nitrogens with one attached hydrogen (secondary N) is 1. The number of nitrogens with zero attached hydrogens (tertiary/aromatic N) is 1. The molecule has 0 fully saturated rings. The first-order chi connectivity index (χ1) is 18.3. The maximum atomic E-state index is 14.1. The van der Waals surface area contributed by atoms with Crippen LogP contribution < -0.4 is 10.1 Å². The summed E-state index contributed by atoms with van der Waals surface area (Å²) in [5.41, 5.74) is 8.56. The van der Waals surface area contributed by atoms with E-state index in [4.69, 9.17) is 25.9 Å². The number of carbonyl (C=O) groups is 2. The fourth-order valence-corrected chi connectivity index (χ4v) is 3.97. The lowest BCUT2D eigenvalue weighted by molar-refractivity contribution is -0.136. The second kappa shape index (κ2) is 12.3. The molecule has 0 atom stereocenters. The molecule has 0 radical (unpaired) electrons. The Kier molecular flexibility index (Phi) is 8.62. The van der Waals surface area contributed by atoms with E-state index in [-0.39, 0.29) is 30.0 Å². The number of oxazole rings is 1. The Bertz CT molecular complexity index is 1510. The highest BCUT2D eigenvalue weighted by Gasteiger charge is 2.15. The summed E-state index contributed by atoms with van der Waals surface area (Å²) >= 11 is 5.77. The molecule has 1 aromatic heterocycles. The molecule has 1 amide bonds. The summed E-state index contributed by atoms with van der Waals surface area (Å²) in [6.45, 7) is 2.22. The third-order valence-corrected chi connectivity index (χ3v) is 6.04.